The molecular weight excluding hydrogens is 211 g/mol. The van der Waals surface area contributed by atoms with Crippen molar-refractivity contribution in [2.45, 2.75) is 12.8 Å². The lowest BCUT2D eigenvalue weighted by Gasteiger charge is -2.18. The number of benzene rings is 1. The summed E-state index contributed by atoms with van der Waals surface area (Å²) in [7, 11) is 1.83. The number of rotatable bonds is 4. The van der Waals surface area contributed by atoms with Gasteiger partial charge in [0.2, 0.25) is 0 Å². The Morgan fingerprint density at radius 1 is 1.50 bits per heavy atom. The van der Waals surface area contributed by atoms with Crippen molar-refractivity contribution in [3.63, 3.8) is 0 Å². The average Bonchev–Trinajstić information content (AvgIpc) is 3.00. The zero-order valence-electron chi connectivity index (χ0n) is 9.02. The number of nitro groups is 1. The Bertz CT molecular complexity index is 418. The molecule has 1 aliphatic carbocycles. The van der Waals surface area contributed by atoms with Crippen molar-refractivity contribution in [1.82, 2.24) is 0 Å². The average molecular weight is 224 g/mol. The summed E-state index contributed by atoms with van der Waals surface area (Å²) in [5, 5.41) is 10.6. The molecular formula is C11H13FN2O2. The molecule has 1 aromatic carbocycles. The third-order valence-electron chi connectivity index (χ3n) is 2.75. The van der Waals surface area contributed by atoms with Crippen LogP contribution in [0.3, 0.4) is 0 Å². The first-order valence-corrected chi connectivity index (χ1v) is 5.22. The molecule has 0 atom stereocenters. The minimum Gasteiger partial charge on any atom is -0.374 e. The lowest BCUT2D eigenvalue weighted by Crippen LogP contribution is -2.20. The molecule has 1 aliphatic rings. The second-order valence-corrected chi connectivity index (χ2v) is 4.25. The van der Waals surface area contributed by atoms with Gasteiger partial charge < -0.3 is 4.90 Å². The van der Waals surface area contributed by atoms with Gasteiger partial charge in [-0.1, -0.05) is 0 Å². The van der Waals surface area contributed by atoms with Gasteiger partial charge >= 0.3 is 0 Å². The van der Waals surface area contributed by atoms with Gasteiger partial charge in [0.1, 0.15) is 5.82 Å². The van der Waals surface area contributed by atoms with E-state index in [0.717, 1.165) is 12.6 Å². The third kappa shape index (κ3) is 2.48. The summed E-state index contributed by atoms with van der Waals surface area (Å²) >= 11 is 0. The summed E-state index contributed by atoms with van der Waals surface area (Å²) < 4.78 is 13.2. The molecule has 0 radical (unpaired) electrons. The highest BCUT2D eigenvalue weighted by molar-refractivity contribution is 5.53. The zero-order valence-corrected chi connectivity index (χ0v) is 9.02. The van der Waals surface area contributed by atoms with E-state index < -0.39 is 10.7 Å². The number of halogens is 1. The summed E-state index contributed by atoms with van der Waals surface area (Å²) in [6.45, 7) is 0.834. The molecule has 1 fully saturated rings. The van der Waals surface area contributed by atoms with Crippen LogP contribution in [0.4, 0.5) is 15.8 Å². The van der Waals surface area contributed by atoms with Crippen LogP contribution in [-0.4, -0.2) is 18.5 Å². The van der Waals surface area contributed by atoms with Crippen molar-refractivity contribution in [2.75, 3.05) is 18.5 Å². The van der Waals surface area contributed by atoms with Crippen LogP contribution < -0.4 is 4.90 Å². The minimum atomic E-state index is -0.572. The molecule has 0 spiro atoms. The fraction of sp³-hybridized carbons (Fsp3) is 0.455. The van der Waals surface area contributed by atoms with Gasteiger partial charge in [-0.25, -0.2) is 4.39 Å². The van der Waals surface area contributed by atoms with Crippen LogP contribution in [0.15, 0.2) is 18.2 Å². The summed E-state index contributed by atoms with van der Waals surface area (Å²) in [5.41, 5.74) is 0.372. The summed E-state index contributed by atoms with van der Waals surface area (Å²) in [6, 6.07) is 3.68. The lowest BCUT2D eigenvalue weighted by atomic mass is 10.2. The molecule has 0 bridgehead atoms. The van der Waals surface area contributed by atoms with E-state index in [1.807, 2.05) is 11.9 Å². The van der Waals surface area contributed by atoms with Crippen molar-refractivity contribution in [3.8, 4) is 0 Å². The Morgan fingerprint density at radius 3 is 2.75 bits per heavy atom. The number of hydrogen-bond acceptors (Lipinski definition) is 3. The first-order valence-electron chi connectivity index (χ1n) is 5.22. The molecule has 1 aromatic rings. The van der Waals surface area contributed by atoms with E-state index in [1.54, 1.807) is 0 Å². The molecule has 0 unspecified atom stereocenters. The molecule has 0 amide bonds. The van der Waals surface area contributed by atoms with E-state index in [-0.39, 0.29) is 5.69 Å². The van der Waals surface area contributed by atoms with Crippen molar-refractivity contribution >= 4 is 11.4 Å². The van der Waals surface area contributed by atoms with Crippen molar-refractivity contribution in [1.29, 1.82) is 0 Å². The van der Waals surface area contributed by atoms with Crippen LogP contribution in [-0.2, 0) is 0 Å². The van der Waals surface area contributed by atoms with E-state index in [1.165, 1.54) is 25.0 Å². The standard InChI is InChI=1S/C11H13FN2O2/c1-13(7-8-2-3-8)10-4-9(12)5-11(6-10)14(15)16/h4-6,8H,2-3,7H2,1H3. The molecule has 2 rings (SSSR count). The number of anilines is 1. The molecule has 16 heavy (non-hydrogen) atoms. The maximum absolute atomic E-state index is 13.2. The first kappa shape index (κ1) is 10.9. The first-order chi connectivity index (χ1) is 7.56. The van der Waals surface area contributed by atoms with Crippen molar-refractivity contribution in [2.24, 2.45) is 5.92 Å². The molecule has 0 heterocycles. The van der Waals surface area contributed by atoms with E-state index in [9.17, 15) is 14.5 Å². The van der Waals surface area contributed by atoms with E-state index >= 15 is 0 Å². The molecule has 0 saturated heterocycles. The number of nitro benzene ring substituents is 1. The summed E-state index contributed by atoms with van der Waals surface area (Å²) in [6.07, 6.45) is 2.39. The normalized spacial score (nSPS) is 14.9. The smallest absolute Gasteiger partial charge is 0.274 e. The maximum atomic E-state index is 13.2. The highest BCUT2D eigenvalue weighted by Crippen LogP contribution is 2.31. The summed E-state index contributed by atoms with van der Waals surface area (Å²) in [4.78, 5) is 11.9. The molecule has 4 nitrogen and oxygen atoms in total. The van der Waals surface area contributed by atoms with Gasteiger partial charge in [0.25, 0.3) is 5.69 Å². The van der Waals surface area contributed by atoms with Gasteiger partial charge in [0.05, 0.1) is 11.0 Å². The van der Waals surface area contributed by atoms with Crippen LogP contribution in [0.25, 0.3) is 0 Å². The van der Waals surface area contributed by atoms with E-state index in [0.29, 0.717) is 11.6 Å². The fourth-order valence-electron chi connectivity index (χ4n) is 1.68. The van der Waals surface area contributed by atoms with Gasteiger partial charge in [0.15, 0.2) is 0 Å². The molecule has 0 aliphatic heterocycles. The van der Waals surface area contributed by atoms with E-state index in [2.05, 4.69) is 0 Å². The SMILES string of the molecule is CN(CC1CC1)c1cc(F)cc([N+](=O)[O-])c1. The van der Waals surface area contributed by atoms with Crippen LogP contribution in [0, 0.1) is 21.8 Å². The van der Waals surface area contributed by atoms with Gasteiger partial charge in [0, 0.05) is 25.3 Å². The van der Waals surface area contributed by atoms with E-state index in [4.69, 9.17) is 0 Å². The van der Waals surface area contributed by atoms with Crippen LogP contribution in [0.2, 0.25) is 0 Å². The Hall–Kier alpha value is -1.65. The monoisotopic (exact) mass is 224 g/mol. The highest BCUT2D eigenvalue weighted by Gasteiger charge is 2.23. The van der Waals surface area contributed by atoms with Crippen LogP contribution in [0.1, 0.15) is 12.8 Å². The Kier molecular flexibility index (Phi) is 2.77. The van der Waals surface area contributed by atoms with Crippen LogP contribution in [0.5, 0.6) is 0 Å². The Balaban J connectivity index is 2.21. The second-order valence-electron chi connectivity index (χ2n) is 4.25. The topological polar surface area (TPSA) is 46.4 Å². The predicted octanol–water partition coefficient (Wildman–Crippen LogP) is 2.58. The Morgan fingerprint density at radius 2 is 2.19 bits per heavy atom. The molecule has 0 aromatic heterocycles. The Labute approximate surface area is 92.8 Å². The largest absolute Gasteiger partial charge is 0.374 e. The number of hydrogen-bond donors (Lipinski definition) is 0. The highest BCUT2D eigenvalue weighted by atomic mass is 19.1. The number of nitrogens with zero attached hydrogens (tertiary/aromatic N) is 2. The minimum absolute atomic E-state index is 0.197. The van der Waals surface area contributed by atoms with Gasteiger partial charge in [-0.2, -0.15) is 0 Å². The zero-order chi connectivity index (χ0) is 11.7. The lowest BCUT2D eigenvalue weighted by molar-refractivity contribution is -0.385. The fourth-order valence-corrected chi connectivity index (χ4v) is 1.68. The molecule has 1 saturated carbocycles. The van der Waals surface area contributed by atoms with Crippen LogP contribution >= 0.6 is 0 Å². The number of non-ortho nitro benzene ring substituents is 1. The predicted molar refractivity (Wildman–Crippen MR) is 59.0 cm³/mol. The molecule has 5 heteroatoms. The molecule has 0 N–H and O–H groups in total. The van der Waals surface area contributed by atoms with Gasteiger partial charge in [-0.15, -0.1) is 0 Å². The molecule has 86 valence electrons. The third-order valence-corrected chi connectivity index (χ3v) is 2.75. The second kappa shape index (κ2) is 4.08. The van der Waals surface area contributed by atoms with Gasteiger partial charge in [-0.05, 0) is 24.8 Å². The maximum Gasteiger partial charge on any atom is 0.274 e. The van der Waals surface area contributed by atoms with Crippen molar-refractivity contribution < 1.29 is 9.31 Å². The summed E-state index contributed by atoms with van der Waals surface area (Å²) in [5.74, 6) is 0.0965. The quantitative estimate of drug-likeness (QED) is 0.583. The van der Waals surface area contributed by atoms with Gasteiger partial charge in [-0.3, -0.25) is 10.1 Å². The van der Waals surface area contributed by atoms with Crippen molar-refractivity contribution in [3.05, 3.63) is 34.1 Å².